The van der Waals surface area contributed by atoms with Crippen molar-refractivity contribution in [3.05, 3.63) is 24.0 Å². The highest BCUT2D eigenvalue weighted by Crippen LogP contribution is 2.28. The van der Waals surface area contributed by atoms with Gasteiger partial charge in [0.1, 0.15) is 12.5 Å². The van der Waals surface area contributed by atoms with E-state index in [1.165, 1.54) is 12.8 Å². The second kappa shape index (κ2) is 11.1. The van der Waals surface area contributed by atoms with E-state index in [-0.39, 0.29) is 23.4 Å². The van der Waals surface area contributed by atoms with Gasteiger partial charge in [0.05, 0.1) is 25.0 Å². The van der Waals surface area contributed by atoms with Crippen molar-refractivity contribution in [3.63, 3.8) is 0 Å². The third-order valence-electron chi connectivity index (χ3n) is 6.11. The number of ether oxygens (including phenoxy) is 2. The molecular weight excluding hydrogens is 397 g/mol. The van der Waals surface area contributed by atoms with Crippen molar-refractivity contribution in [3.8, 4) is 0 Å². The molecule has 2 heterocycles. The van der Waals surface area contributed by atoms with E-state index in [2.05, 4.69) is 26.1 Å². The summed E-state index contributed by atoms with van der Waals surface area (Å²) in [5, 5.41) is 3.16. The van der Waals surface area contributed by atoms with Crippen molar-refractivity contribution in [2.24, 2.45) is 0 Å². The average Bonchev–Trinajstić information content (AvgIpc) is 3.22. The molecule has 1 atom stereocenters. The molecule has 0 aliphatic carbocycles. The van der Waals surface area contributed by atoms with E-state index < -0.39 is 0 Å². The number of rotatable bonds is 10. The van der Waals surface area contributed by atoms with E-state index in [9.17, 15) is 9.18 Å². The molecule has 0 aromatic heterocycles. The van der Waals surface area contributed by atoms with Crippen LogP contribution in [0.4, 0.5) is 15.8 Å². The van der Waals surface area contributed by atoms with Crippen molar-refractivity contribution < 1.29 is 18.7 Å². The molecule has 2 aliphatic heterocycles. The quantitative estimate of drug-likeness (QED) is 0.561. The minimum absolute atomic E-state index is 0.0177. The highest BCUT2D eigenvalue weighted by atomic mass is 19.1. The molecule has 31 heavy (non-hydrogen) atoms. The number of halogens is 1. The largest absolute Gasteiger partial charge is 0.378 e. The van der Waals surface area contributed by atoms with Crippen molar-refractivity contribution in [2.45, 2.75) is 70.9 Å². The fraction of sp³-hybridized carbons (Fsp3) is 0.708. The van der Waals surface area contributed by atoms with Crippen LogP contribution in [0.1, 0.15) is 59.3 Å². The molecule has 2 aliphatic rings. The molecule has 0 radical (unpaired) electrons. The molecule has 7 heteroatoms. The molecule has 0 bridgehead atoms. The topological polar surface area (TPSA) is 54.0 Å². The van der Waals surface area contributed by atoms with Crippen LogP contribution in [0.25, 0.3) is 0 Å². The van der Waals surface area contributed by atoms with Gasteiger partial charge >= 0.3 is 0 Å². The fourth-order valence-corrected chi connectivity index (χ4v) is 4.27. The molecule has 0 saturated carbocycles. The standard InChI is InChI=1S/C24H38FN3O3/c1-4-5-6-11-24(2,3)26-23(29)10-8-20-17-28(18-31-20)19-7-9-22(21(25)16-19)27-12-14-30-15-13-27/h7,9,16,20H,4-6,8,10-15,17-18H2,1-3H3,(H,26,29)/t20-/m0/s1. The van der Waals surface area contributed by atoms with Crippen molar-refractivity contribution in [1.82, 2.24) is 5.32 Å². The first-order valence-corrected chi connectivity index (χ1v) is 11.7. The van der Waals surface area contributed by atoms with Crippen LogP contribution in [0.5, 0.6) is 0 Å². The second-order valence-electron chi connectivity index (χ2n) is 9.30. The molecule has 3 rings (SSSR count). The minimum atomic E-state index is -0.215. The van der Waals surface area contributed by atoms with Gasteiger partial charge in [-0.25, -0.2) is 4.39 Å². The number of carbonyl (C=O) groups excluding carboxylic acids is 1. The predicted octanol–water partition coefficient (Wildman–Crippen LogP) is 4.08. The zero-order valence-corrected chi connectivity index (χ0v) is 19.3. The Hall–Kier alpha value is -1.86. The number of nitrogens with zero attached hydrogens (tertiary/aromatic N) is 2. The Bertz CT molecular complexity index is 722. The van der Waals surface area contributed by atoms with Gasteiger partial charge in [-0.15, -0.1) is 0 Å². The van der Waals surface area contributed by atoms with E-state index in [4.69, 9.17) is 9.47 Å². The number of hydrogen-bond donors (Lipinski definition) is 1. The van der Waals surface area contributed by atoms with Crippen LogP contribution in [0.3, 0.4) is 0 Å². The highest BCUT2D eigenvalue weighted by molar-refractivity contribution is 5.76. The van der Waals surface area contributed by atoms with E-state index in [0.29, 0.717) is 58.1 Å². The number of benzene rings is 1. The normalized spacial score (nSPS) is 19.7. The molecule has 6 nitrogen and oxygen atoms in total. The Morgan fingerprint density at radius 2 is 2.00 bits per heavy atom. The van der Waals surface area contributed by atoms with Gasteiger partial charge in [-0.3, -0.25) is 4.79 Å². The molecule has 2 saturated heterocycles. The SMILES string of the molecule is CCCCCC(C)(C)NC(=O)CC[C@H]1CN(c2ccc(N3CCOCC3)c(F)c2)CO1. The first-order chi connectivity index (χ1) is 14.9. The van der Waals surface area contributed by atoms with E-state index in [1.807, 2.05) is 21.9 Å². The summed E-state index contributed by atoms with van der Waals surface area (Å²) in [7, 11) is 0. The summed E-state index contributed by atoms with van der Waals surface area (Å²) < 4.78 is 25.9. The maximum atomic E-state index is 14.7. The lowest BCUT2D eigenvalue weighted by Crippen LogP contribution is -2.43. The molecule has 2 fully saturated rings. The third-order valence-corrected chi connectivity index (χ3v) is 6.11. The fourth-order valence-electron chi connectivity index (χ4n) is 4.27. The number of hydrogen-bond acceptors (Lipinski definition) is 5. The van der Waals surface area contributed by atoms with Crippen LogP contribution >= 0.6 is 0 Å². The van der Waals surface area contributed by atoms with Gasteiger partial charge < -0.3 is 24.6 Å². The lowest BCUT2D eigenvalue weighted by atomic mass is 9.96. The molecule has 1 aromatic rings. The average molecular weight is 436 g/mol. The van der Waals surface area contributed by atoms with Crippen molar-refractivity contribution >= 4 is 17.3 Å². The molecule has 1 aromatic carbocycles. The Labute approximate surface area is 186 Å². The van der Waals surface area contributed by atoms with Crippen LogP contribution in [0.2, 0.25) is 0 Å². The number of nitrogens with one attached hydrogen (secondary N) is 1. The summed E-state index contributed by atoms with van der Waals surface area (Å²) in [5.74, 6) is -0.142. The minimum Gasteiger partial charge on any atom is -0.378 e. The van der Waals surface area contributed by atoms with E-state index >= 15 is 0 Å². The van der Waals surface area contributed by atoms with Gasteiger partial charge in [0.2, 0.25) is 5.91 Å². The molecule has 174 valence electrons. The first-order valence-electron chi connectivity index (χ1n) is 11.7. The summed E-state index contributed by atoms with van der Waals surface area (Å²) >= 11 is 0. The summed E-state index contributed by atoms with van der Waals surface area (Å²) in [5.41, 5.74) is 1.27. The molecule has 1 amide bonds. The number of unbranched alkanes of at least 4 members (excludes halogenated alkanes) is 2. The number of carbonyl (C=O) groups is 1. The summed E-state index contributed by atoms with van der Waals surface area (Å²) in [6, 6.07) is 5.38. The Kier molecular flexibility index (Phi) is 8.55. The summed E-state index contributed by atoms with van der Waals surface area (Å²) in [4.78, 5) is 16.4. The van der Waals surface area contributed by atoms with Crippen LogP contribution < -0.4 is 15.1 Å². The molecule has 0 spiro atoms. The van der Waals surface area contributed by atoms with Crippen molar-refractivity contribution in [1.29, 1.82) is 0 Å². The highest BCUT2D eigenvalue weighted by Gasteiger charge is 2.26. The van der Waals surface area contributed by atoms with Crippen molar-refractivity contribution in [2.75, 3.05) is 49.4 Å². The predicted molar refractivity (Wildman–Crippen MR) is 122 cm³/mol. The lowest BCUT2D eigenvalue weighted by molar-refractivity contribution is -0.123. The maximum absolute atomic E-state index is 14.7. The van der Waals surface area contributed by atoms with Gasteiger partial charge in [0.15, 0.2) is 0 Å². The maximum Gasteiger partial charge on any atom is 0.220 e. The monoisotopic (exact) mass is 435 g/mol. The number of amides is 1. The molecule has 0 unspecified atom stereocenters. The zero-order chi connectivity index (χ0) is 22.3. The first kappa shape index (κ1) is 23.8. The van der Waals surface area contributed by atoms with Crippen LogP contribution in [-0.4, -0.2) is 57.1 Å². The van der Waals surface area contributed by atoms with Crippen LogP contribution in [0, 0.1) is 5.82 Å². The van der Waals surface area contributed by atoms with Gasteiger partial charge in [0.25, 0.3) is 0 Å². The van der Waals surface area contributed by atoms with Crippen LogP contribution in [0.15, 0.2) is 18.2 Å². The Morgan fingerprint density at radius 3 is 2.71 bits per heavy atom. The van der Waals surface area contributed by atoms with Crippen LogP contribution in [-0.2, 0) is 14.3 Å². The van der Waals surface area contributed by atoms with E-state index in [1.54, 1.807) is 6.07 Å². The van der Waals surface area contributed by atoms with Gasteiger partial charge in [0, 0.05) is 37.3 Å². The lowest BCUT2D eigenvalue weighted by Gasteiger charge is -2.29. The molecular formula is C24H38FN3O3. The third kappa shape index (κ3) is 7.07. The van der Waals surface area contributed by atoms with E-state index in [0.717, 1.165) is 18.5 Å². The number of anilines is 2. The zero-order valence-electron chi connectivity index (χ0n) is 19.3. The molecule has 1 N–H and O–H groups in total. The van der Waals surface area contributed by atoms with Gasteiger partial charge in [-0.05, 0) is 44.9 Å². The summed E-state index contributed by atoms with van der Waals surface area (Å²) in [6.07, 6.45) is 5.59. The van der Waals surface area contributed by atoms with Gasteiger partial charge in [-0.2, -0.15) is 0 Å². The number of morpholine rings is 1. The van der Waals surface area contributed by atoms with Gasteiger partial charge in [-0.1, -0.05) is 26.2 Å². The second-order valence-corrected chi connectivity index (χ2v) is 9.30. The smallest absolute Gasteiger partial charge is 0.220 e. The Morgan fingerprint density at radius 1 is 1.23 bits per heavy atom. The Balaban J connectivity index is 1.45. The summed E-state index contributed by atoms with van der Waals surface area (Å²) in [6.45, 7) is 10.1.